The molecule has 1 aliphatic carbocycles. The number of pyridine rings is 2. The van der Waals surface area contributed by atoms with Crippen molar-refractivity contribution in [2.24, 2.45) is 0 Å². The third-order valence-electron chi connectivity index (χ3n) is 5.94. The fourth-order valence-corrected chi connectivity index (χ4v) is 4.02. The van der Waals surface area contributed by atoms with Crippen LogP contribution in [0.2, 0.25) is 5.15 Å². The van der Waals surface area contributed by atoms with Gasteiger partial charge in [-0.15, -0.1) is 0 Å². The molecule has 0 spiro atoms. The maximum absolute atomic E-state index is 6.14. The molecule has 0 unspecified atom stereocenters. The first kappa shape index (κ1) is 23.1. The number of hydrogen-bond donors (Lipinski definition) is 2. The summed E-state index contributed by atoms with van der Waals surface area (Å²) in [6, 6.07) is 15.4. The molecular formula is C25H26ClN7O2. The molecule has 0 bridgehead atoms. The van der Waals surface area contributed by atoms with Gasteiger partial charge in [0, 0.05) is 29.4 Å². The van der Waals surface area contributed by atoms with Crippen molar-refractivity contribution < 1.29 is 9.47 Å². The number of ether oxygens (including phenoxy) is 2. The predicted octanol–water partition coefficient (Wildman–Crippen LogP) is 5.04. The van der Waals surface area contributed by atoms with Crippen LogP contribution in [0.1, 0.15) is 12.8 Å². The van der Waals surface area contributed by atoms with Crippen LogP contribution in [0.4, 0.5) is 23.3 Å². The molecular weight excluding hydrogens is 466 g/mol. The fourth-order valence-electron chi connectivity index (χ4n) is 3.87. The van der Waals surface area contributed by atoms with Crippen LogP contribution in [-0.4, -0.2) is 58.2 Å². The van der Waals surface area contributed by atoms with Crippen molar-refractivity contribution >= 4 is 45.9 Å². The summed E-state index contributed by atoms with van der Waals surface area (Å²) in [7, 11) is 5.83. The van der Waals surface area contributed by atoms with E-state index in [2.05, 4.69) is 49.6 Å². The van der Waals surface area contributed by atoms with Gasteiger partial charge >= 0.3 is 0 Å². The Morgan fingerprint density at radius 2 is 1.71 bits per heavy atom. The Kier molecular flexibility index (Phi) is 6.52. The van der Waals surface area contributed by atoms with Gasteiger partial charge < -0.3 is 25.0 Å². The molecule has 0 amide bonds. The van der Waals surface area contributed by atoms with E-state index in [4.69, 9.17) is 21.1 Å². The average Bonchev–Trinajstić information content (AvgIpc) is 2.81. The van der Waals surface area contributed by atoms with Crippen molar-refractivity contribution in [2.45, 2.75) is 25.0 Å². The molecule has 9 nitrogen and oxygen atoms in total. The maximum atomic E-state index is 6.14. The van der Waals surface area contributed by atoms with Crippen LogP contribution in [-0.2, 0) is 0 Å². The molecule has 10 heteroatoms. The zero-order chi connectivity index (χ0) is 24.4. The second-order valence-electron chi connectivity index (χ2n) is 8.59. The minimum atomic E-state index is 0.205. The molecule has 1 fully saturated rings. The van der Waals surface area contributed by atoms with E-state index < -0.39 is 0 Å². The summed E-state index contributed by atoms with van der Waals surface area (Å²) in [6.07, 6.45) is 3.90. The summed E-state index contributed by atoms with van der Waals surface area (Å²) in [4.78, 5) is 19.9. The molecule has 5 rings (SSSR count). The smallest absolute Gasteiger partial charge is 0.229 e. The Labute approximate surface area is 208 Å². The van der Waals surface area contributed by atoms with Gasteiger partial charge in [0.15, 0.2) is 17.1 Å². The Balaban J connectivity index is 1.27. The van der Waals surface area contributed by atoms with Gasteiger partial charge in [0.2, 0.25) is 5.95 Å². The molecule has 0 atom stereocenters. The number of methoxy groups -OCH3 is 1. The third kappa shape index (κ3) is 5.36. The van der Waals surface area contributed by atoms with Crippen LogP contribution in [0.25, 0.3) is 11.0 Å². The predicted molar refractivity (Wildman–Crippen MR) is 137 cm³/mol. The van der Waals surface area contributed by atoms with Crippen LogP contribution in [0, 0.1) is 0 Å². The molecule has 1 aliphatic rings. The number of fused-ring (bicyclic) bond motifs is 1. The highest BCUT2D eigenvalue weighted by Gasteiger charge is 2.32. The van der Waals surface area contributed by atoms with Crippen molar-refractivity contribution in [3.63, 3.8) is 0 Å². The van der Waals surface area contributed by atoms with Gasteiger partial charge in [-0.2, -0.15) is 4.98 Å². The summed E-state index contributed by atoms with van der Waals surface area (Å²) in [5.74, 6) is 3.01. The van der Waals surface area contributed by atoms with Crippen molar-refractivity contribution in [3.05, 3.63) is 59.9 Å². The second-order valence-corrected chi connectivity index (χ2v) is 8.97. The second kappa shape index (κ2) is 9.89. The number of halogens is 1. The molecule has 35 heavy (non-hydrogen) atoms. The Morgan fingerprint density at radius 1 is 0.914 bits per heavy atom. The zero-order valence-corrected chi connectivity index (χ0v) is 20.5. The van der Waals surface area contributed by atoms with Crippen LogP contribution in [0.5, 0.6) is 11.5 Å². The number of anilines is 4. The topological polar surface area (TPSA) is 97.3 Å². The maximum Gasteiger partial charge on any atom is 0.229 e. The summed E-state index contributed by atoms with van der Waals surface area (Å²) >= 11 is 5.99. The number of rotatable bonds is 8. The highest BCUT2D eigenvalue weighted by molar-refractivity contribution is 6.29. The van der Waals surface area contributed by atoms with Gasteiger partial charge in [0.1, 0.15) is 22.9 Å². The first-order valence-corrected chi connectivity index (χ1v) is 11.7. The van der Waals surface area contributed by atoms with Crippen LogP contribution in [0.3, 0.4) is 0 Å². The van der Waals surface area contributed by atoms with E-state index in [1.807, 2.05) is 36.4 Å². The lowest BCUT2D eigenvalue weighted by Crippen LogP contribution is -2.46. The van der Waals surface area contributed by atoms with Crippen molar-refractivity contribution in [1.29, 1.82) is 0 Å². The van der Waals surface area contributed by atoms with Gasteiger partial charge in [-0.3, -0.25) is 0 Å². The average molecular weight is 492 g/mol. The quantitative estimate of drug-likeness (QED) is 0.328. The molecule has 1 saturated carbocycles. The normalized spacial score (nSPS) is 17.2. The largest absolute Gasteiger partial charge is 0.493 e. The molecule has 0 aliphatic heterocycles. The molecule has 0 saturated heterocycles. The molecule has 2 N–H and O–H groups in total. The van der Waals surface area contributed by atoms with E-state index in [0.717, 1.165) is 29.7 Å². The highest BCUT2D eigenvalue weighted by Crippen LogP contribution is 2.36. The number of hydrogen-bond acceptors (Lipinski definition) is 9. The van der Waals surface area contributed by atoms with Gasteiger partial charge in [-0.1, -0.05) is 11.6 Å². The van der Waals surface area contributed by atoms with E-state index in [9.17, 15) is 0 Å². The lowest BCUT2D eigenvalue weighted by molar-refractivity contribution is 0.0383. The standard InChI is InChI=1S/C25H26ClN7O2/c1-33(2)17-13-18(14-17)35-19-7-6-16(12-20(19)34-3)28-25-27-11-10-23(32-25)30-22-9-5-15-4-8-21(26)29-24(15)31-22/h4-12,17-18H,13-14H2,1-3H3,(H2,27,28,29,30,31,32). The summed E-state index contributed by atoms with van der Waals surface area (Å²) in [5, 5.41) is 7.70. The third-order valence-corrected chi connectivity index (χ3v) is 6.15. The number of benzene rings is 1. The molecule has 3 heterocycles. The van der Waals surface area contributed by atoms with Crippen LogP contribution >= 0.6 is 11.6 Å². The zero-order valence-electron chi connectivity index (χ0n) is 19.7. The number of aromatic nitrogens is 4. The minimum absolute atomic E-state index is 0.205. The number of nitrogens with one attached hydrogen (secondary N) is 2. The first-order chi connectivity index (χ1) is 17.0. The van der Waals surface area contributed by atoms with Crippen molar-refractivity contribution in [1.82, 2.24) is 24.8 Å². The van der Waals surface area contributed by atoms with Crippen molar-refractivity contribution in [3.8, 4) is 11.5 Å². The first-order valence-electron chi connectivity index (χ1n) is 11.3. The van der Waals surface area contributed by atoms with Crippen LogP contribution in [0.15, 0.2) is 54.7 Å². The highest BCUT2D eigenvalue weighted by atomic mass is 35.5. The Bertz CT molecular complexity index is 1340. The van der Waals surface area contributed by atoms with E-state index >= 15 is 0 Å². The Hall–Kier alpha value is -3.69. The number of nitrogens with zero attached hydrogens (tertiary/aromatic N) is 5. The molecule has 1 aromatic carbocycles. The van der Waals surface area contributed by atoms with E-state index in [0.29, 0.717) is 40.2 Å². The molecule has 0 radical (unpaired) electrons. The van der Waals surface area contributed by atoms with Crippen molar-refractivity contribution in [2.75, 3.05) is 31.8 Å². The Morgan fingerprint density at radius 3 is 2.51 bits per heavy atom. The van der Waals surface area contributed by atoms with Gasteiger partial charge in [0.05, 0.1) is 7.11 Å². The van der Waals surface area contributed by atoms with E-state index in [1.54, 1.807) is 25.4 Å². The van der Waals surface area contributed by atoms with Gasteiger partial charge in [0.25, 0.3) is 0 Å². The summed E-state index contributed by atoms with van der Waals surface area (Å²) in [6.45, 7) is 0. The van der Waals surface area contributed by atoms with Gasteiger partial charge in [-0.25, -0.2) is 15.0 Å². The van der Waals surface area contributed by atoms with E-state index in [-0.39, 0.29) is 6.10 Å². The SMILES string of the molecule is COc1cc(Nc2nccc(Nc3ccc4ccc(Cl)nc4n3)n2)ccc1OC1CC(N(C)C)C1. The fraction of sp³-hybridized carbons (Fsp3) is 0.280. The lowest BCUT2D eigenvalue weighted by atomic mass is 9.88. The lowest BCUT2D eigenvalue weighted by Gasteiger charge is -2.39. The van der Waals surface area contributed by atoms with Gasteiger partial charge in [-0.05, 0) is 69.4 Å². The molecule has 180 valence electrons. The summed E-state index contributed by atoms with van der Waals surface area (Å²) in [5.41, 5.74) is 1.34. The van der Waals surface area contributed by atoms with Crippen LogP contribution < -0.4 is 20.1 Å². The summed E-state index contributed by atoms with van der Waals surface area (Å²) < 4.78 is 11.7. The minimum Gasteiger partial charge on any atom is -0.493 e. The monoisotopic (exact) mass is 491 g/mol. The molecule has 4 aromatic rings. The van der Waals surface area contributed by atoms with E-state index in [1.165, 1.54) is 0 Å². The molecule has 3 aromatic heterocycles.